The molecule has 1 aromatic carbocycles. The molecule has 2 rings (SSSR count). The second kappa shape index (κ2) is 11.1. The van der Waals surface area contributed by atoms with E-state index in [0.717, 1.165) is 31.2 Å². The monoisotopic (exact) mass is 435 g/mol. The average molecular weight is 436 g/mol. The highest BCUT2D eigenvalue weighted by Gasteiger charge is 2.31. The number of urea groups is 1. The highest BCUT2D eigenvalue weighted by Crippen LogP contribution is 2.27. The van der Waals surface area contributed by atoms with Gasteiger partial charge in [0, 0.05) is 25.2 Å². The molecule has 1 aromatic rings. The van der Waals surface area contributed by atoms with Crippen molar-refractivity contribution < 1.29 is 9.59 Å². The first-order valence-electron chi connectivity index (χ1n) is 9.72. The molecule has 156 valence electrons. The number of hydrogen-bond acceptors (Lipinski definition) is 2. The van der Waals surface area contributed by atoms with Crippen molar-refractivity contribution in [2.75, 3.05) is 13.6 Å². The first-order valence-corrected chi connectivity index (χ1v) is 10.5. The minimum Gasteiger partial charge on any atom is -0.352 e. The van der Waals surface area contributed by atoms with Gasteiger partial charge in [0.2, 0.25) is 5.91 Å². The van der Waals surface area contributed by atoms with Crippen LogP contribution in [0.25, 0.3) is 0 Å². The molecule has 0 radical (unpaired) electrons. The number of hydrogen-bond donors (Lipinski definition) is 2. The van der Waals surface area contributed by atoms with Gasteiger partial charge in [-0.3, -0.25) is 4.79 Å². The van der Waals surface area contributed by atoms with Crippen molar-refractivity contribution in [3.8, 4) is 11.8 Å². The lowest BCUT2D eigenvalue weighted by Crippen LogP contribution is -2.51. The summed E-state index contributed by atoms with van der Waals surface area (Å²) in [5.74, 6) is 6.05. The Morgan fingerprint density at radius 1 is 1.31 bits per heavy atom. The summed E-state index contributed by atoms with van der Waals surface area (Å²) in [5, 5.41) is 6.70. The molecule has 1 aliphatic rings. The lowest BCUT2D eigenvalue weighted by Gasteiger charge is -2.38. The standard InChI is InChI=1S/C22H27Cl2N3O2/c1-4-21(28)25-14-17-7-5-6-8-20(17)27(3)22(29)26-15(2)9-10-16-11-12-18(23)19(24)13-16/h4,11-13,15,17,20H,1,5-8,14H2,2-3H3,(H,25,28)(H,26,29)/t15-,17-,20-/m0/s1. The third kappa shape index (κ3) is 6.99. The van der Waals surface area contributed by atoms with E-state index >= 15 is 0 Å². The Bertz CT molecular complexity index is 816. The molecule has 3 atom stereocenters. The number of carbonyl (C=O) groups is 2. The molecule has 29 heavy (non-hydrogen) atoms. The fourth-order valence-electron chi connectivity index (χ4n) is 3.48. The van der Waals surface area contributed by atoms with E-state index in [1.54, 1.807) is 30.1 Å². The first-order chi connectivity index (χ1) is 13.8. The molecular weight excluding hydrogens is 409 g/mol. The van der Waals surface area contributed by atoms with Crippen molar-refractivity contribution in [3.63, 3.8) is 0 Å². The predicted molar refractivity (Wildman–Crippen MR) is 118 cm³/mol. The molecule has 1 aliphatic carbocycles. The molecule has 0 bridgehead atoms. The van der Waals surface area contributed by atoms with E-state index in [-0.39, 0.29) is 29.9 Å². The van der Waals surface area contributed by atoms with Crippen molar-refractivity contribution in [3.05, 3.63) is 46.5 Å². The molecule has 0 saturated heterocycles. The molecule has 1 fully saturated rings. The third-order valence-electron chi connectivity index (χ3n) is 5.10. The smallest absolute Gasteiger partial charge is 0.318 e. The van der Waals surface area contributed by atoms with E-state index in [0.29, 0.717) is 16.6 Å². The van der Waals surface area contributed by atoms with E-state index in [4.69, 9.17) is 23.2 Å². The van der Waals surface area contributed by atoms with Gasteiger partial charge in [-0.05, 0) is 50.0 Å². The lowest BCUT2D eigenvalue weighted by molar-refractivity contribution is -0.116. The van der Waals surface area contributed by atoms with Gasteiger partial charge in [0.05, 0.1) is 16.1 Å². The van der Waals surface area contributed by atoms with Gasteiger partial charge in [-0.2, -0.15) is 0 Å². The van der Waals surface area contributed by atoms with Gasteiger partial charge >= 0.3 is 6.03 Å². The molecule has 1 saturated carbocycles. The van der Waals surface area contributed by atoms with Crippen LogP contribution in [0, 0.1) is 17.8 Å². The first kappa shape index (κ1) is 23.1. The zero-order valence-electron chi connectivity index (χ0n) is 16.8. The summed E-state index contributed by atoms with van der Waals surface area (Å²) in [6.45, 7) is 5.85. The molecule has 3 amide bonds. The van der Waals surface area contributed by atoms with Gasteiger partial charge in [0.15, 0.2) is 0 Å². The van der Waals surface area contributed by atoms with Crippen LogP contribution < -0.4 is 10.6 Å². The SMILES string of the molecule is C=CC(=O)NC[C@@H]1CCCC[C@@H]1N(C)C(=O)N[C@@H](C)C#Cc1ccc(Cl)c(Cl)c1. The topological polar surface area (TPSA) is 61.4 Å². The fourth-order valence-corrected chi connectivity index (χ4v) is 3.78. The van der Waals surface area contributed by atoms with Gasteiger partial charge in [0.25, 0.3) is 0 Å². The van der Waals surface area contributed by atoms with E-state index in [9.17, 15) is 9.59 Å². The Balaban J connectivity index is 1.95. The number of halogens is 2. The predicted octanol–water partition coefficient (Wildman–Crippen LogP) is 4.24. The van der Waals surface area contributed by atoms with Crippen LogP contribution in [-0.4, -0.2) is 42.5 Å². The molecule has 0 spiro atoms. The lowest BCUT2D eigenvalue weighted by atomic mass is 9.83. The van der Waals surface area contributed by atoms with Crippen LogP contribution in [-0.2, 0) is 4.79 Å². The number of rotatable bonds is 5. The Hall–Kier alpha value is -2.16. The maximum Gasteiger partial charge on any atom is 0.318 e. The molecule has 0 aromatic heterocycles. The molecule has 0 heterocycles. The molecular formula is C22H27Cl2N3O2. The second-order valence-corrected chi connectivity index (χ2v) is 8.06. The quantitative estimate of drug-likeness (QED) is 0.536. The Morgan fingerprint density at radius 3 is 2.72 bits per heavy atom. The highest BCUT2D eigenvalue weighted by molar-refractivity contribution is 6.42. The van der Waals surface area contributed by atoms with Gasteiger partial charge < -0.3 is 15.5 Å². The normalized spacial score (nSPS) is 19.3. The molecule has 7 heteroatoms. The number of carbonyl (C=O) groups excluding carboxylic acids is 2. The van der Waals surface area contributed by atoms with Gasteiger partial charge in [0.1, 0.15) is 0 Å². The van der Waals surface area contributed by atoms with Gasteiger partial charge in [-0.1, -0.05) is 54.5 Å². The number of benzene rings is 1. The molecule has 0 unspecified atom stereocenters. The summed E-state index contributed by atoms with van der Waals surface area (Å²) in [4.78, 5) is 25.9. The van der Waals surface area contributed by atoms with E-state index < -0.39 is 0 Å². The van der Waals surface area contributed by atoms with E-state index in [2.05, 4.69) is 29.1 Å². The maximum atomic E-state index is 12.7. The van der Waals surface area contributed by atoms with Crippen molar-refractivity contribution in [2.24, 2.45) is 5.92 Å². The Morgan fingerprint density at radius 2 is 2.03 bits per heavy atom. The van der Waals surface area contributed by atoms with Gasteiger partial charge in [-0.25, -0.2) is 4.79 Å². The summed E-state index contributed by atoms with van der Waals surface area (Å²) in [6, 6.07) is 4.74. The maximum absolute atomic E-state index is 12.7. The number of nitrogens with zero attached hydrogens (tertiary/aromatic N) is 1. The summed E-state index contributed by atoms with van der Waals surface area (Å²) in [5.41, 5.74) is 0.735. The van der Waals surface area contributed by atoms with Crippen LogP contribution in [0.15, 0.2) is 30.9 Å². The molecule has 2 N–H and O–H groups in total. The van der Waals surface area contributed by atoms with Crippen molar-refractivity contribution in [2.45, 2.75) is 44.7 Å². The molecule has 0 aliphatic heterocycles. The second-order valence-electron chi connectivity index (χ2n) is 7.24. The fraction of sp³-hybridized carbons (Fsp3) is 0.455. The average Bonchev–Trinajstić information content (AvgIpc) is 2.72. The van der Waals surface area contributed by atoms with Crippen LogP contribution in [0.2, 0.25) is 10.0 Å². The number of nitrogens with one attached hydrogen (secondary N) is 2. The largest absolute Gasteiger partial charge is 0.352 e. The Kier molecular flexibility index (Phi) is 8.88. The number of amides is 3. The third-order valence-corrected chi connectivity index (χ3v) is 5.84. The van der Waals surface area contributed by atoms with Crippen molar-refractivity contribution >= 4 is 35.1 Å². The summed E-state index contributed by atoms with van der Waals surface area (Å²) < 4.78 is 0. The molecule has 5 nitrogen and oxygen atoms in total. The summed E-state index contributed by atoms with van der Waals surface area (Å²) >= 11 is 11.9. The zero-order chi connectivity index (χ0) is 21.4. The minimum absolute atomic E-state index is 0.0732. The van der Waals surface area contributed by atoms with Crippen LogP contribution in [0.4, 0.5) is 4.79 Å². The van der Waals surface area contributed by atoms with Crippen LogP contribution in [0.5, 0.6) is 0 Å². The summed E-state index contributed by atoms with van der Waals surface area (Å²) in [7, 11) is 1.80. The van der Waals surface area contributed by atoms with Crippen LogP contribution >= 0.6 is 23.2 Å². The van der Waals surface area contributed by atoms with E-state index in [1.165, 1.54) is 6.08 Å². The van der Waals surface area contributed by atoms with Crippen molar-refractivity contribution in [1.29, 1.82) is 0 Å². The summed E-state index contributed by atoms with van der Waals surface area (Å²) in [6.07, 6.45) is 5.34. The zero-order valence-corrected chi connectivity index (χ0v) is 18.3. The van der Waals surface area contributed by atoms with Crippen LogP contribution in [0.3, 0.4) is 0 Å². The van der Waals surface area contributed by atoms with Crippen LogP contribution in [0.1, 0.15) is 38.2 Å². The van der Waals surface area contributed by atoms with Crippen molar-refractivity contribution in [1.82, 2.24) is 15.5 Å². The Labute approximate surface area is 182 Å². The minimum atomic E-state index is -0.332. The van der Waals surface area contributed by atoms with E-state index in [1.807, 2.05) is 6.92 Å². The highest BCUT2D eigenvalue weighted by atomic mass is 35.5. The van der Waals surface area contributed by atoms with Gasteiger partial charge in [-0.15, -0.1) is 0 Å².